The smallest absolute Gasteiger partial charge is 0.254 e. The average Bonchev–Trinajstić information content (AvgIpc) is 2.79. The topological polar surface area (TPSA) is 74.5 Å². The highest BCUT2D eigenvalue weighted by Gasteiger charge is 2.39. The molecule has 0 aliphatic carbocycles. The van der Waals surface area contributed by atoms with E-state index in [2.05, 4.69) is 16.4 Å². The third kappa shape index (κ3) is 5.70. The first-order valence-corrected chi connectivity index (χ1v) is 11.9. The number of ether oxygens (including phenoxy) is 1. The molecule has 1 amide bonds. The number of hydrogen-bond acceptors (Lipinski definition) is 5. The minimum atomic E-state index is -0.768. The van der Waals surface area contributed by atoms with Gasteiger partial charge in [0.2, 0.25) is 0 Å². The van der Waals surface area contributed by atoms with Gasteiger partial charge in [-0.3, -0.25) is 9.18 Å². The lowest BCUT2D eigenvalue weighted by Gasteiger charge is -2.31. The van der Waals surface area contributed by atoms with Gasteiger partial charge < -0.3 is 10.1 Å². The van der Waals surface area contributed by atoms with Crippen LogP contribution in [-0.4, -0.2) is 30.5 Å². The maximum Gasteiger partial charge on any atom is 0.254 e. The Kier molecular flexibility index (Phi) is 8.79. The molecular formula is C24H22Cl2FN3O2S. The summed E-state index contributed by atoms with van der Waals surface area (Å²) in [6, 6.07) is 14.3. The molecule has 3 rings (SSSR count). The van der Waals surface area contributed by atoms with E-state index in [0.717, 1.165) is 0 Å². The van der Waals surface area contributed by atoms with E-state index in [9.17, 15) is 14.4 Å². The lowest BCUT2D eigenvalue weighted by atomic mass is 9.78. The van der Waals surface area contributed by atoms with Gasteiger partial charge in [-0.2, -0.15) is 5.26 Å². The number of nitrogens with one attached hydrogen (secondary N) is 1. The van der Waals surface area contributed by atoms with Crippen molar-refractivity contribution in [3.8, 4) is 11.8 Å². The van der Waals surface area contributed by atoms with Gasteiger partial charge in [-0.1, -0.05) is 41.4 Å². The molecule has 5 nitrogen and oxygen atoms in total. The van der Waals surface area contributed by atoms with E-state index in [0.29, 0.717) is 55.5 Å². The molecule has 2 aromatic carbocycles. The standard InChI is InChI=1S/C24H22Cl2FN3O2S/c1-14-21(23(31)30-19-6-3-4-7-20(19)32-2)22(16-9-8-15(25)12-18(16)26)17(13-28)24(29-14)33-11-5-10-27/h3-4,6-9,12,17,22H,5,10-11H2,1-2H3,(H,30,31). The summed E-state index contributed by atoms with van der Waals surface area (Å²) in [4.78, 5) is 18.1. The number of alkyl halides is 1. The Bertz CT molecular complexity index is 1150. The quantitative estimate of drug-likeness (QED) is 0.427. The van der Waals surface area contributed by atoms with Crippen LogP contribution in [-0.2, 0) is 4.79 Å². The molecule has 0 saturated heterocycles. The Morgan fingerprint density at radius 1 is 1.30 bits per heavy atom. The van der Waals surface area contributed by atoms with E-state index in [1.165, 1.54) is 18.9 Å². The van der Waals surface area contributed by atoms with E-state index in [1.807, 2.05) is 0 Å². The molecular weight excluding hydrogens is 484 g/mol. The number of rotatable bonds is 7. The molecule has 1 heterocycles. The molecule has 2 atom stereocenters. The maximum atomic E-state index is 13.5. The van der Waals surface area contributed by atoms with Crippen LogP contribution in [0.2, 0.25) is 10.0 Å². The van der Waals surface area contributed by atoms with Crippen molar-refractivity contribution in [3.05, 3.63) is 69.3 Å². The van der Waals surface area contributed by atoms with Crippen molar-refractivity contribution in [2.45, 2.75) is 19.3 Å². The Morgan fingerprint density at radius 2 is 2.06 bits per heavy atom. The summed E-state index contributed by atoms with van der Waals surface area (Å²) in [6.07, 6.45) is 0.345. The Labute approximate surface area is 206 Å². The third-order valence-electron chi connectivity index (χ3n) is 5.14. The first kappa shape index (κ1) is 25.1. The number of para-hydroxylation sites is 2. The van der Waals surface area contributed by atoms with Crippen molar-refractivity contribution in [3.63, 3.8) is 0 Å². The second-order valence-electron chi connectivity index (χ2n) is 7.24. The van der Waals surface area contributed by atoms with Crippen LogP contribution in [0.15, 0.2) is 58.7 Å². The average molecular weight is 506 g/mol. The summed E-state index contributed by atoms with van der Waals surface area (Å²) in [6.45, 7) is 1.27. The molecule has 2 aromatic rings. The molecule has 0 radical (unpaired) electrons. The molecule has 0 bridgehead atoms. The van der Waals surface area contributed by atoms with Gasteiger partial charge in [0.15, 0.2) is 0 Å². The highest BCUT2D eigenvalue weighted by Crippen LogP contribution is 2.44. The highest BCUT2D eigenvalue weighted by molar-refractivity contribution is 8.14. The second-order valence-corrected chi connectivity index (χ2v) is 9.20. The number of halogens is 3. The summed E-state index contributed by atoms with van der Waals surface area (Å²) in [5, 5.41) is 14.3. The molecule has 1 aliphatic heterocycles. The number of carbonyl (C=O) groups excluding carboxylic acids is 1. The molecule has 0 spiro atoms. The summed E-state index contributed by atoms with van der Waals surface area (Å²) in [7, 11) is 1.52. The molecule has 2 unspecified atom stereocenters. The molecule has 0 saturated carbocycles. The number of allylic oxidation sites excluding steroid dienone is 1. The van der Waals surface area contributed by atoms with E-state index >= 15 is 0 Å². The zero-order valence-corrected chi connectivity index (χ0v) is 20.4. The fraction of sp³-hybridized carbons (Fsp3) is 0.292. The summed E-state index contributed by atoms with van der Waals surface area (Å²) in [5.41, 5.74) is 1.88. The van der Waals surface area contributed by atoms with Crippen molar-refractivity contribution in [1.29, 1.82) is 5.26 Å². The number of nitrogens with zero attached hydrogens (tertiary/aromatic N) is 2. The van der Waals surface area contributed by atoms with Crippen LogP contribution in [0.1, 0.15) is 24.8 Å². The first-order valence-electron chi connectivity index (χ1n) is 10.2. The van der Waals surface area contributed by atoms with E-state index < -0.39 is 24.4 Å². The van der Waals surface area contributed by atoms with Gasteiger partial charge in [0.1, 0.15) is 11.7 Å². The maximum absolute atomic E-state index is 13.5. The van der Waals surface area contributed by atoms with Crippen LogP contribution >= 0.6 is 35.0 Å². The van der Waals surface area contributed by atoms with Gasteiger partial charge in [-0.05, 0) is 43.2 Å². The predicted molar refractivity (Wildman–Crippen MR) is 133 cm³/mol. The molecule has 9 heteroatoms. The van der Waals surface area contributed by atoms with Crippen LogP contribution in [0.5, 0.6) is 5.75 Å². The van der Waals surface area contributed by atoms with Crippen molar-refractivity contribution < 1.29 is 13.9 Å². The van der Waals surface area contributed by atoms with Crippen molar-refractivity contribution in [2.24, 2.45) is 10.9 Å². The number of hydrogen-bond donors (Lipinski definition) is 1. The number of benzene rings is 2. The van der Waals surface area contributed by atoms with E-state index in [-0.39, 0.29) is 0 Å². The zero-order valence-electron chi connectivity index (χ0n) is 18.1. The predicted octanol–water partition coefficient (Wildman–Crippen LogP) is 6.64. The van der Waals surface area contributed by atoms with Crippen LogP contribution in [0, 0.1) is 17.2 Å². The lowest BCUT2D eigenvalue weighted by Crippen LogP contribution is -2.31. The molecule has 1 N–H and O–H groups in total. The molecule has 172 valence electrons. The summed E-state index contributed by atoms with van der Waals surface area (Å²) < 4.78 is 18.0. The number of aliphatic imine (C=N–C) groups is 1. The summed E-state index contributed by atoms with van der Waals surface area (Å²) in [5.74, 6) is -0.881. The van der Waals surface area contributed by atoms with Gasteiger partial charge in [0.05, 0.1) is 30.6 Å². The Hall–Kier alpha value is -2.53. The number of methoxy groups -OCH3 is 1. The minimum Gasteiger partial charge on any atom is -0.495 e. The largest absolute Gasteiger partial charge is 0.495 e. The second kappa shape index (κ2) is 11.6. The minimum absolute atomic E-state index is 0.325. The SMILES string of the molecule is COc1ccccc1NC(=O)C1=C(C)N=C(SCCCF)C(C#N)C1c1ccc(Cl)cc1Cl. The molecule has 0 fully saturated rings. The zero-order chi connectivity index (χ0) is 24.0. The Balaban J connectivity index is 2.10. The van der Waals surface area contributed by atoms with Crippen molar-refractivity contribution >= 4 is 51.6 Å². The van der Waals surface area contributed by atoms with Crippen LogP contribution in [0.25, 0.3) is 0 Å². The van der Waals surface area contributed by atoms with Gasteiger partial charge in [0.25, 0.3) is 5.91 Å². The molecule has 0 aromatic heterocycles. The molecule has 1 aliphatic rings. The van der Waals surface area contributed by atoms with Gasteiger partial charge in [-0.25, -0.2) is 4.99 Å². The van der Waals surface area contributed by atoms with Crippen LogP contribution in [0.4, 0.5) is 10.1 Å². The van der Waals surface area contributed by atoms with Crippen molar-refractivity contribution in [1.82, 2.24) is 0 Å². The monoisotopic (exact) mass is 505 g/mol. The van der Waals surface area contributed by atoms with Gasteiger partial charge >= 0.3 is 0 Å². The van der Waals surface area contributed by atoms with Crippen molar-refractivity contribution in [2.75, 3.05) is 24.9 Å². The number of thioether (sulfide) groups is 1. The lowest BCUT2D eigenvalue weighted by molar-refractivity contribution is -0.113. The Morgan fingerprint density at radius 3 is 2.73 bits per heavy atom. The number of amides is 1. The number of carbonyl (C=O) groups is 1. The third-order valence-corrected chi connectivity index (χ3v) is 6.84. The normalized spacial score (nSPS) is 17.9. The van der Waals surface area contributed by atoms with E-state index in [1.54, 1.807) is 49.4 Å². The van der Waals surface area contributed by atoms with Gasteiger partial charge in [-0.15, -0.1) is 11.8 Å². The first-order chi connectivity index (χ1) is 15.9. The van der Waals surface area contributed by atoms with E-state index in [4.69, 9.17) is 27.9 Å². The number of anilines is 1. The van der Waals surface area contributed by atoms with Crippen LogP contribution in [0.3, 0.4) is 0 Å². The van der Waals surface area contributed by atoms with Gasteiger partial charge in [0, 0.05) is 33.0 Å². The molecule has 33 heavy (non-hydrogen) atoms. The highest BCUT2D eigenvalue weighted by atomic mass is 35.5. The fourth-order valence-electron chi connectivity index (χ4n) is 3.64. The number of nitriles is 1. The fourth-order valence-corrected chi connectivity index (χ4v) is 5.20. The van der Waals surface area contributed by atoms with Crippen LogP contribution < -0.4 is 10.1 Å². The summed E-state index contributed by atoms with van der Waals surface area (Å²) >= 11 is 13.9.